The van der Waals surface area contributed by atoms with Crippen LogP contribution in [0.4, 0.5) is 0 Å². The van der Waals surface area contributed by atoms with E-state index in [1.54, 1.807) is 31.2 Å². The van der Waals surface area contributed by atoms with E-state index in [0.717, 1.165) is 11.3 Å². The van der Waals surface area contributed by atoms with Crippen molar-refractivity contribution in [1.82, 2.24) is 15.5 Å². The predicted octanol–water partition coefficient (Wildman–Crippen LogP) is 1.63. The van der Waals surface area contributed by atoms with Gasteiger partial charge in [0.1, 0.15) is 5.75 Å². The molecule has 1 amide bonds. The molecule has 0 aliphatic heterocycles. The first kappa shape index (κ1) is 16.0. The fourth-order valence-electron chi connectivity index (χ4n) is 1.70. The quantitative estimate of drug-likeness (QED) is 0.842. The number of hydrogen-bond donors (Lipinski definition) is 2. The minimum absolute atomic E-state index is 0.0974. The highest BCUT2D eigenvalue weighted by Crippen LogP contribution is 2.20. The van der Waals surface area contributed by atoms with Crippen molar-refractivity contribution in [3.8, 4) is 17.1 Å². The summed E-state index contributed by atoms with van der Waals surface area (Å²) in [5.74, 6) is 0.410. The number of rotatable bonds is 6. The molecular weight excluding hydrogens is 286 g/mol. The monoisotopic (exact) mass is 305 g/mol. The molecule has 1 atom stereocenters. The molecule has 7 nitrogen and oxygen atoms in total. The summed E-state index contributed by atoms with van der Waals surface area (Å²) in [4.78, 5) is 15.8. The second kappa shape index (κ2) is 7.04. The molecule has 2 rings (SSSR count). The number of aliphatic hydroxyl groups excluding tert-OH is 1. The maximum Gasteiger partial charge on any atom is 0.316 e. The Hall–Kier alpha value is -2.41. The van der Waals surface area contributed by atoms with E-state index in [2.05, 4.69) is 15.5 Å². The Balaban J connectivity index is 2.06. The maximum absolute atomic E-state index is 11.7. The number of carbonyl (C=O) groups is 1. The smallest absolute Gasteiger partial charge is 0.316 e. The van der Waals surface area contributed by atoms with Crippen molar-refractivity contribution in [2.75, 3.05) is 6.54 Å². The van der Waals surface area contributed by atoms with Crippen molar-refractivity contribution in [3.63, 3.8) is 0 Å². The van der Waals surface area contributed by atoms with E-state index < -0.39 is 12.0 Å². The van der Waals surface area contributed by atoms with Gasteiger partial charge in [-0.05, 0) is 45.0 Å². The van der Waals surface area contributed by atoms with Gasteiger partial charge in [-0.15, -0.1) is 0 Å². The van der Waals surface area contributed by atoms with Crippen molar-refractivity contribution in [1.29, 1.82) is 0 Å². The van der Waals surface area contributed by atoms with Crippen LogP contribution in [0.25, 0.3) is 11.4 Å². The molecule has 0 saturated carbocycles. The third kappa shape index (κ3) is 4.29. The lowest BCUT2D eigenvalue weighted by Gasteiger charge is -2.09. The summed E-state index contributed by atoms with van der Waals surface area (Å²) >= 11 is 0. The Bertz CT molecular complexity index is 620. The topological polar surface area (TPSA) is 97.5 Å². The van der Waals surface area contributed by atoms with Gasteiger partial charge in [-0.25, -0.2) is 0 Å². The van der Waals surface area contributed by atoms with Crippen molar-refractivity contribution in [2.45, 2.75) is 33.0 Å². The van der Waals surface area contributed by atoms with Crippen LogP contribution in [-0.2, 0) is 0 Å². The molecule has 0 fully saturated rings. The number of aromatic nitrogens is 2. The van der Waals surface area contributed by atoms with Crippen LogP contribution in [0.15, 0.2) is 28.8 Å². The zero-order valence-electron chi connectivity index (χ0n) is 12.7. The first-order chi connectivity index (χ1) is 10.5. The van der Waals surface area contributed by atoms with Gasteiger partial charge in [0.2, 0.25) is 5.82 Å². The van der Waals surface area contributed by atoms with Crippen LogP contribution in [-0.4, -0.2) is 39.9 Å². The summed E-state index contributed by atoms with van der Waals surface area (Å²) in [5.41, 5.74) is 0.717. The van der Waals surface area contributed by atoms with Gasteiger partial charge in [0, 0.05) is 12.1 Å². The third-order valence-electron chi connectivity index (χ3n) is 2.66. The highest BCUT2D eigenvalue weighted by Gasteiger charge is 2.16. The van der Waals surface area contributed by atoms with E-state index in [9.17, 15) is 4.79 Å². The van der Waals surface area contributed by atoms with E-state index in [0.29, 0.717) is 5.82 Å². The van der Waals surface area contributed by atoms with Crippen molar-refractivity contribution in [2.24, 2.45) is 0 Å². The standard InChI is InChI=1S/C15H19N3O4/c1-9(2)21-12-6-4-11(5-7-12)13-17-15(22-18-13)14(20)16-8-10(3)19/h4-7,9-10,19H,8H2,1-3H3,(H,16,20). The summed E-state index contributed by atoms with van der Waals surface area (Å²) < 4.78 is 10.5. The van der Waals surface area contributed by atoms with Crippen LogP contribution < -0.4 is 10.1 Å². The van der Waals surface area contributed by atoms with Crippen LogP contribution in [0.5, 0.6) is 5.75 Å². The molecule has 0 bridgehead atoms. The molecule has 118 valence electrons. The largest absolute Gasteiger partial charge is 0.491 e. The Morgan fingerprint density at radius 1 is 1.32 bits per heavy atom. The summed E-state index contributed by atoms with van der Waals surface area (Å²) in [6.07, 6.45) is -0.542. The van der Waals surface area contributed by atoms with Crippen molar-refractivity contribution >= 4 is 5.91 Å². The lowest BCUT2D eigenvalue weighted by atomic mass is 10.2. The van der Waals surface area contributed by atoms with Crippen LogP contribution in [0.3, 0.4) is 0 Å². The molecule has 0 spiro atoms. The number of amides is 1. The number of aliphatic hydroxyl groups is 1. The summed E-state index contributed by atoms with van der Waals surface area (Å²) in [7, 11) is 0. The molecule has 1 aromatic carbocycles. The Morgan fingerprint density at radius 3 is 2.59 bits per heavy atom. The average Bonchev–Trinajstić information content (AvgIpc) is 2.94. The van der Waals surface area contributed by atoms with Gasteiger partial charge in [-0.3, -0.25) is 4.79 Å². The number of hydrogen-bond acceptors (Lipinski definition) is 6. The molecule has 7 heteroatoms. The van der Waals surface area contributed by atoms with Gasteiger partial charge in [0.25, 0.3) is 0 Å². The van der Waals surface area contributed by atoms with E-state index in [-0.39, 0.29) is 18.5 Å². The summed E-state index contributed by atoms with van der Waals surface area (Å²) in [5, 5.41) is 15.4. The molecule has 1 unspecified atom stereocenters. The van der Waals surface area contributed by atoms with Gasteiger partial charge in [-0.2, -0.15) is 4.98 Å². The number of nitrogens with zero attached hydrogens (tertiary/aromatic N) is 2. The van der Waals surface area contributed by atoms with Gasteiger partial charge < -0.3 is 19.7 Å². The molecule has 1 aromatic heterocycles. The average molecular weight is 305 g/mol. The minimum Gasteiger partial charge on any atom is -0.491 e. The van der Waals surface area contributed by atoms with E-state index in [1.807, 2.05) is 13.8 Å². The van der Waals surface area contributed by atoms with Gasteiger partial charge >= 0.3 is 11.8 Å². The van der Waals surface area contributed by atoms with Crippen LogP contribution in [0.2, 0.25) is 0 Å². The Labute approximate surface area is 128 Å². The first-order valence-electron chi connectivity index (χ1n) is 7.02. The molecule has 2 aromatic rings. The van der Waals surface area contributed by atoms with E-state index in [4.69, 9.17) is 14.4 Å². The molecule has 0 radical (unpaired) electrons. The van der Waals surface area contributed by atoms with Crippen molar-refractivity contribution < 1.29 is 19.2 Å². The highest BCUT2D eigenvalue weighted by molar-refractivity contribution is 5.89. The van der Waals surface area contributed by atoms with Crippen LogP contribution in [0, 0.1) is 0 Å². The molecular formula is C15H19N3O4. The fourth-order valence-corrected chi connectivity index (χ4v) is 1.70. The van der Waals surface area contributed by atoms with E-state index >= 15 is 0 Å². The molecule has 0 aliphatic rings. The Kier molecular flexibility index (Phi) is 5.11. The van der Waals surface area contributed by atoms with Crippen LogP contribution >= 0.6 is 0 Å². The summed E-state index contributed by atoms with van der Waals surface area (Å²) in [6, 6.07) is 7.19. The van der Waals surface area contributed by atoms with Gasteiger partial charge in [0.05, 0.1) is 12.2 Å². The normalized spacial score (nSPS) is 12.2. The SMILES string of the molecule is CC(O)CNC(=O)c1nc(-c2ccc(OC(C)C)cc2)no1. The minimum atomic E-state index is -0.639. The van der Waals surface area contributed by atoms with E-state index in [1.165, 1.54) is 0 Å². The molecule has 0 saturated heterocycles. The first-order valence-corrected chi connectivity index (χ1v) is 7.02. The van der Waals surface area contributed by atoms with Gasteiger partial charge in [0.15, 0.2) is 0 Å². The molecule has 2 N–H and O–H groups in total. The second-order valence-electron chi connectivity index (χ2n) is 5.17. The number of ether oxygens (including phenoxy) is 1. The fraction of sp³-hybridized carbons (Fsp3) is 0.400. The van der Waals surface area contributed by atoms with Gasteiger partial charge in [-0.1, -0.05) is 5.16 Å². The predicted molar refractivity (Wildman–Crippen MR) is 79.5 cm³/mol. The lowest BCUT2D eigenvalue weighted by molar-refractivity contribution is 0.0880. The van der Waals surface area contributed by atoms with Crippen molar-refractivity contribution in [3.05, 3.63) is 30.2 Å². The van der Waals surface area contributed by atoms with Crippen LogP contribution in [0.1, 0.15) is 31.5 Å². The Morgan fingerprint density at radius 2 is 2.00 bits per heavy atom. The molecule has 0 aliphatic carbocycles. The zero-order valence-corrected chi connectivity index (χ0v) is 12.7. The molecule has 1 heterocycles. The third-order valence-corrected chi connectivity index (χ3v) is 2.66. The number of carbonyl (C=O) groups excluding carboxylic acids is 1. The number of benzene rings is 1. The summed E-state index contributed by atoms with van der Waals surface area (Å²) in [6.45, 7) is 5.59. The number of nitrogens with one attached hydrogen (secondary N) is 1. The lowest BCUT2D eigenvalue weighted by Crippen LogP contribution is -2.30. The second-order valence-corrected chi connectivity index (χ2v) is 5.17. The highest BCUT2D eigenvalue weighted by atomic mass is 16.5. The zero-order chi connectivity index (χ0) is 16.1. The maximum atomic E-state index is 11.7. The molecule has 22 heavy (non-hydrogen) atoms.